The molecule has 1 aliphatic carbocycles. The molecule has 4 nitrogen and oxygen atoms in total. The molecule has 1 aliphatic rings. The maximum Gasteiger partial charge on any atom is 0.268 e. The number of hydrogen-bond acceptors (Lipinski definition) is 2. The van der Waals surface area contributed by atoms with Gasteiger partial charge in [0, 0.05) is 23.0 Å². The largest absolute Gasteiger partial charge is 0.351 e. The number of carbonyl (C=O) groups excluding carboxylic acids is 1. The molecule has 1 heterocycles. The van der Waals surface area contributed by atoms with Crippen molar-refractivity contribution in [1.82, 2.24) is 10.3 Å². The molecule has 0 spiro atoms. The number of hydrogen-bond donors (Lipinski definition) is 3. The van der Waals surface area contributed by atoms with Gasteiger partial charge in [0.15, 0.2) is 0 Å². The van der Waals surface area contributed by atoms with E-state index in [0.717, 1.165) is 30.2 Å². The molecule has 0 radical (unpaired) electrons. The molecule has 0 unspecified atom stereocenters. The van der Waals surface area contributed by atoms with Gasteiger partial charge in [0.05, 0.1) is 0 Å². The molecule has 1 aromatic heterocycles. The first-order valence-electron chi connectivity index (χ1n) is 7.29. The van der Waals surface area contributed by atoms with Crippen molar-refractivity contribution in [2.75, 3.05) is 0 Å². The summed E-state index contributed by atoms with van der Waals surface area (Å²) >= 11 is 0. The lowest BCUT2D eigenvalue weighted by atomic mass is 9.91. The van der Waals surface area contributed by atoms with Gasteiger partial charge >= 0.3 is 0 Å². The highest BCUT2D eigenvalue weighted by atomic mass is 16.1. The summed E-state index contributed by atoms with van der Waals surface area (Å²) in [6, 6.07) is 8.22. The van der Waals surface area contributed by atoms with Crippen LogP contribution in [-0.2, 0) is 0 Å². The first-order valence-corrected chi connectivity index (χ1v) is 7.29. The van der Waals surface area contributed by atoms with E-state index in [0.29, 0.717) is 5.69 Å². The van der Waals surface area contributed by atoms with Crippen LogP contribution in [0.5, 0.6) is 0 Å². The van der Waals surface area contributed by atoms with Crippen LogP contribution in [-0.4, -0.2) is 23.0 Å². The van der Waals surface area contributed by atoms with Gasteiger partial charge in [0.25, 0.3) is 5.91 Å². The summed E-state index contributed by atoms with van der Waals surface area (Å²) in [5, 5.41) is 4.14. The number of nitrogens with two attached hydrogens (primary N) is 1. The van der Waals surface area contributed by atoms with E-state index in [1.54, 1.807) is 0 Å². The third-order valence-electron chi connectivity index (χ3n) is 4.16. The lowest BCUT2D eigenvalue weighted by Gasteiger charge is -2.29. The van der Waals surface area contributed by atoms with Crippen LogP contribution < -0.4 is 11.1 Å². The molecule has 2 atom stereocenters. The van der Waals surface area contributed by atoms with E-state index in [2.05, 4.69) is 16.4 Å². The van der Waals surface area contributed by atoms with E-state index in [-0.39, 0.29) is 18.0 Å². The number of nitrogens with one attached hydrogen (secondary N) is 2. The minimum atomic E-state index is -0.0544. The minimum Gasteiger partial charge on any atom is -0.351 e. The average molecular weight is 271 g/mol. The molecule has 1 saturated carbocycles. The third-order valence-corrected chi connectivity index (χ3v) is 4.16. The van der Waals surface area contributed by atoms with Crippen LogP contribution in [0.25, 0.3) is 10.9 Å². The summed E-state index contributed by atoms with van der Waals surface area (Å²) in [6.45, 7) is 2.05. The van der Waals surface area contributed by atoms with Crippen LogP contribution in [0.4, 0.5) is 0 Å². The highest BCUT2D eigenvalue weighted by molar-refractivity contribution is 5.98. The first-order chi connectivity index (χ1) is 9.63. The summed E-state index contributed by atoms with van der Waals surface area (Å²) in [6.07, 6.45) is 4.28. The second-order valence-electron chi connectivity index (χ2n) is 5.80. The molecule has 0 saturated heterocycles. The van der Waals surface area contributed by atoms with Gasteiger partial charge in [-0.3, -0.25) is 4.79 Å². The maximum atomic E-state index is 12.3. The van der Waals surface area contributed by atoms with Crippen LogP contribution in [0.3, 0.4) is 0 Å². The smallest absolute Gasteiger partial charge is 0.268 e. The zero-order chi connectivity index (χ0) is 14.1. The van der Waals surface area contributed by atoms with Crippen LogP contribution in [0.1, 0.15) is 41.7 Å². The van der Waals surface area contributed by atoms with Crippen molar-refractivity contribution in [1.29, 1.82) is 0 Å². The van der Waals surface area contributed by atoms with Crippen LogP contribution in [0, 0.1) is 6.92 Å². The van der Waals surface area contributed by atoms with E-state index >= 15 is 0 Å². The maximum absolute atomic E-state index is 12.3. The van der Waals surface area contributed by atoms with Gasteiger partial charge in [-0.05, 0) is 38.0 Å². The average Bonchev–Trinajstić information content (AvgIpc) is 2.84. The number of aromatic nitrogens is 1. The Morgan fingerprint density at radius 1 is 1.30 bits per heavy atom. The molecular weight excluding hydrogens is 250 g/mol. The Morgan fingerprint density at radius 2 is 2.10 bits per heavy atom. The molecule has 0 aliphatic heterocycles. The lowest BCUT2D eigenvalue weighted by molar-refractivity contribution is 0.0917. The number of aromatic amines is 1. The number of aryl methyl sites for hydroxylation is 1. The summed E-state index contributed by atoms with van der Waals surface area (Å²) in [4.78, 5) is 15.5. The van der Waals surface area contributed by atoms with Gasteiger partial charge in [-0.2, -0.15) is 0 Å². The quantitative estimate of drug-likeness (QED) is 0.785. The number of rotatable bonds is 2. The Balaban J connectivity index is 1.78. The van der Waals surface area contributed by atoms with Crippen molar-refractivity contribution in [2.45, 2.75) is 44.7 Å². The van der Waals surface area contributed by atoms with E-state index in [1.807, 2.05) is 25.1 Å². The Kier molecular flexibility index (Phi) is 3.49. The molecule has 1 aromatic carbocycles. The van der Waals surface area contributed by atoms with Crippen molar-refractivity contribution in [3.8, 4) is 0 Å². The predicted molar refractivity (Wildman–Crippen MR) is 80.7 cm³/mol. The Morgan fingerprint density at radius 3 is 2.90 bits per heavy atom. The molecule has 20 heavy (non-hydrogen) atoms. The van der Waals surface area contributed by atoms with Crippen LogP contribution in [0.2, 0.25) is 0 Å². The molecule has 4 heteroatoms. The van der Waals surface area contributed by atoms with Gasteiger partial charge in [-0.1, -0.05) is 24.5 Å². The second-order valence-corrected chi connectivity index (χ2v) is 5.80. The fourth-order valence-corrected chi connectivity index (χ4v) is 2.96. The number of H-pyrrole nitrogens is 1. The number of fused-ring (bicyclic) bond motifs is 1. The molecular formula is C16H21N3O. The molecule has 2 aromatic rings. The van der Waals surface area contributed by atoms with Gasteiger partial charge in [-0.15, -0.1) is 0 Å². The van der Waals surface area contributed by atoms with E-state index in [9.17, 15) is 4.79 Å². The molecule has 0 bridgehead atoms. The zero-order valence-electron chi connectivity index (χ0n) is 11.8. The SMILES string of the molecule is Cc1ccc2[nH]c(C(=O)N[C@H]3CCCC[C@H]3N)cc2c1. The molecule has 106 valence electrons. The van der Waals surface area contributed by atoms with Gasteiger partial charge in [-0.25, -0.2) is 0 Å². The first kappa shape index (κ1) is 13.2. The van der Waals surface area contributed by atoms with Crippen molar-refractivity contribution < 1.29 is 4.79 Å². The summed E-state index contributed by atoms with van der Waals surface area (Å²) in [5.74, 6) is -0.0544. The van der Waals surface area contributed by atoms with Crippen LogP contribution >= 0.6 is 0 Å². The highest BCUT2D eigenvalue weighted by Crippen LogP contribution is 2.19. The standard InChI is InChI=1S/C16H21N3O/c1-10-6-7-13-11(8-10)9-15(18-13)16(20)19-14-5-3-2-4-12(14)17/h6-9,12,14,18H,2-5,17H2,1H3,(H,19,20)/t12-,14+/m1/s1. The summed E-state index contributed by atoms with van der Waals surface area (Å²) in [5.41, 5.74) is 8.88. The predicted octanol–water partition coefficient (Wildman–Crippen LogP) is 2.48. The van der Waals surface area contributed by atoms with E-state index < -0.39 is 0 Å². The second kappa shape index (κ2) is 5.29. The number of carbonyl (C=O) groups is 1. The summed E-state index contributed by atoms with van der Waals surface area (Å²) < 4.78 is 0. The van der Waals surface area contributed by atoms with E-state index in [4.69, 9.17) is 5.73 Å². The molecule has 3 rings (SSSR count). The van der Waals surface area contributed by atoms with Gasteiger partial charge in [0.1, 0.15) is 5.69 Å². The normalized spacial score (nSPS) is 22.9. The summed E-state index contributed by atoms with van der Waals surface area (Å²) in [7, 11) is 0. The van der Waals surface area contributed by atoms with Gasteiger partial charge in [0.2, 0.25) is 0 Å². The highest BCUT2D eigenvalue weighted by Gasteiger charge is 2.24. The Bertz CT molecular complexity index is 632. The van der Waals surface area contributed by atoms with Crippen LogP contribution in [0.15, 0.2) is 24.3 Å². The van der Waals surface area contributed by atoms with Crippen molar-refractivity contribution >= 4 is 16.8 Å². The molecule has 4 N–H and O–H groups in total. The Hall–Kier alpha value is -1.81. The fraction of sp³-hybridized carbons (Fsp3) is 0.438. The number of benzene rings is 1. The number of amides is 1. The topological polar surface area (TPSA) is 70.9 Å². The minimum absolute atomic E-state index is 0.0544. The monoisotopic (exact) mass is 271 g/mol. The zero-order valence-corrected chi connectivity index (χ0v) is 11.8. The molecule has 1 fully saturated rings. The fourth-order valence-electron chi connectivity index (χ4n) is 2.96. The molecule has 1 amide bonds. The van der Waals surface area contributed by atoms with E-state index in [1.165, 1.54) is 12.0 Å². The van der Waals surface area contributed by atoms with Gasteiger partial charge < -0.3 is 16.0 Å². The third kappa shape index (κ3) is 2.56. The van der Waals surface area contributed by atoms with Crippen molar-refractivity contribution in [3.63, 3.8) is 0 Å². The van der Waals surface area contributed by atoms with Crippen molar-refractivity contribution in [2.24, 2.45) is 5.73 Å². The lowest BCUT2D eigenvalue weighted by Crippen LogP contribution is -2.49. The van der Waals surface area contributed by atoms with Crippen molar-refractivity contribution in [3.05, 3.63) is 35.5 Å². The Labute approximate surface area is 118 Å².